The summed E-state index contributed by atoms with van der Waals surface area (Å²) in [7, 11) is 0. The van der Waals surface area contributed by atoms with Crippen molar-refractivity contribution >= 4 is 17.9 Å². The smallest absolute Gasteiger partial charge is 0.416 e. The van der Waals surface area contributed by atoms with Crippen LogP contribution in [-0.4, -0.2) is 17.3 Å². The van der Waals surface area contributed by atoms with Crippen molar-refractivity contribution in [2.24, 2.45) is 5.10 Å². The molecule has 0 aliphatic heterocycles. The average Bonchev–Trinajstić information content (AvgIpc) is 2.47. The predicted molar refractivity (Wildman–Crippen MR) is 76.1 cm³/mol. The predicted octanol–water partition coefficient (Wildman–Crippen LogP) is 3.85. The number of nitrogens with zero attached hydrogens (tertiary/aromatic N) is 1. The summed E-state index contributed by atoms with van der Waals surface area (Å²) in [6, 6.07) is 10.6. The molecule has 22 heavy (non-hydrogen) atoms. The fourth-order valence-corrected chi connectivity index (χ4v) is 1.66. The van der Waals surface area contributed by atoms with Crippen LogP contribution in [0.3, 0.4) is 0 Å². The highest BCUT2D eigenvalue weighted by molar-refractivity contribution is 5.88. The first-order chi connectivity index (χ1) is 10.4. The number of alkyl halides is 3. The lowest BCUT2D eigenvalue weighted by molar-refractivity contribution is -0.137. The van der Waals surface area contributed by atoms with E-state index in [9.17, 15) is 18.0 Å². The molecule has 0 spiro atoms. The van der Waals surface area contributed by atoms with Crippen LogP contribution in [0.1, 0.15) is 21.5 Å². The molecule has 2 N–H and O–H groups in total. The van der Waals surface area contributed by atoms with Gasteiger partial charge in [0.1, 0.15) is 0 Å². The standard InChI is InChI=1S/C15H11F3N2O2/c16-15(17,18)12-3-1-2-10(8-12)9-19-20-13-6-4-11(5-7-13)14(21)22/h1-9,20H,(H,21,22)/b19-9+. The quantitative estimate of drug-likeness (QED) is 0.666. The number of carboxylic acid groups (broad SMARTS) is 1. The minimum atomic E-state index is -4.40. The van der Waals surface area contributed by atoms with E-state index in [2.05, 4.69) is 10.5 Å². The maximum absolute atomic E-state index is 12.5. The van der Waals surface area contributed by atoms with Gasteiger partial charge >= 0.3 is 12.1 Å². The van der Waals surface area contributed by atoms with Crippen LogP contribution in [0.4, 0.5) is 18.9 Å². The molecule has 0 saturated carbocycles. The zero-order valence-corrected chi connectivity index (χ0v) is 11.1. The number of benzene rings is 2. The summed E-state index contributed by atoms with van der Waals surface area (Å²) >= 11 is 0. The number of hydrogen-bond acceptors (Lipinski definition) is 3. The maximum atomic E-state index is 12.5. The molecule has 2 aromatic rings. The van der Waals surface area contributed by atoms with Crippen LogP contribution in [0.2, 0.25) is 0 Å². The monoisotopic (exact) mass is 308 g/mol. The summed E-state index contributed by atoms with van der Waals surface area (Å²) in [6.45, 7) is 0. The Morgan fingerprint density at radius 2 is 1.82 bits per heavy atom. The molecule has 0 aliphatic rings. The highest BCUT2D eigenvalue weighted by Gasteiger charge is 2.30. The van der Waals surface area contributed by atoms with Gasteiger partial charge in [0.15, 0.2) is 0 Å². The van der Waals surface area contributed by atoms with Crippen molar-refractivity contribution in [3.8, 4) is 0 Å². The summed E-state index contributed by atoms with van der Waals surface area (Å²) in [4.78, 5) is 10.7. The van der Waals surface area contributed by atoms with Crippen molar-refractivity contribution in [2.45, 2.75) is 6.18 Å². The molecule has 2 aromatic carbocycles. The molecule has 0 bridgehead atoms. The van der Waals surface area contributed by atoms with E-state index in [4.69, 9.17) is 5.11 Å². The van der Waals surface area contributed by atoms with Crippen LogP contribution in [0.5, 0.6) is 0 Å². The van der Waals surface area contributed by atoms with Crippen molar-refractivity contribution in [1.82, 2.24) is 0 Å². The van der Waals surface area contributed by atoms with Crippen molar-refractivity contribution in [3.63, 3.8) is 0 Å². The van der Waals surface area contributed by atoms with E-state index < -0.39 is 17.7 Å². The van der Waals surface area contributed by atoms with Gasteiger partial charge in [-0.25, -0.2) is 4.79 Å². The Morgan fingerprint density at radius 1 is 1.14 bits per heavy atom. The molecule has 0 fully saturated rings. The molecule has 0 atom stereocenters. The third kappa shape index (κ3) is 4.08. The Bertz CT molecular complexity index is 695. The average molecular weight is 308 g/mol. The Morgan fingerprint density at radius 3 is 2.41 bits per heavy atom. The zero-order valence-electron chi connectivity index (χ0n) is 11.1. The van der Waals surface area contributed by atoms with E-state index in [1.807, 2.05) is 0 Å². The molecule has 0 aliphatic carbocycles. The second-order valence-corrected chi connectivity index (χ2v) is 4.38. The van der Waals surface area contributed by atoms with Gasteiger partial charge in [-0.3, -0.25) is 5.43 Å². The molecule has 0 unspecified atom stereocenters. The Balaban J connectivity index is 2.05. The van der Waals surface area contributed by atoms with Gasteiger partial charge in [-0.2, -0.15) is 18.3 Å². The molecular formula is C15H11F3N2O2. The zero-order chi connectivity index (χ0) is 16.2. The molecule has 0 amide bonds. The third-order valence-electron chi connectivity index (χ3n) is 2.75. The molecule has 0 heterocycles. The van der Waals surface area contributed by atoms with E-state index in [1.54, 1.807) is 0 Å². The summed E-state index contributed by atoms with van der Waals surface area (Å²) in [5, 5.41) is 12.6. The van der Waals surface area contributed by atoms with Gasteiger partial charge in [0.25, 0.3) is 0 Å². The van der Waals surface area contributed by atoms with Crippen LogP contribution in [0.15, 0.2) is 53.6 Å². The van der Waals surface area contributed by atoms with Crippen molar-refractivity contribution < 1.29 is 23.1 Å². The van der Waals surface area contributed by atoms with E-state index in [0.717, 1.165) is 12.1 Å². The van der Waals surface area contributed by atoms with Crippen molar-refractivity contribution in [1.29, 1.82) is 0 Å². The largest absolute Gasteiger partial charge is 0.478 e. The van der Waals surface area contributed by atoms with Gasteiger partial charge in [0.2, 0.25) is 0 Å². The van der Waals surface area contributed by atoms with Crippen LogP contribution in [0, 0.1) is 0 Å². The van der Waals surface area contributed by atoms with Gasteiger partial charge in [0.05, 0.1) is 23.0 Å². The Kier molecular flexibility index (Phi) is 4.45. The number of rotatable bonds is 4. The van der Waals surface area contributed by atoms with E-state index >= 15 is 0 Å². The molecule has 4 nitrogen and oxygen atoms in total. The fraction of sp³-hybridized carbons (Fsp3) is 0.0667. The minimum Gasteiger partial charge on any atom is -0.478 e. The summed E-state index contributed by atoms with van der Waals surface area (Å²) < 4.78 is 37.6. The molecule has 0 aromatic heterocycles. The van der Waals surface area contributed by atoms with Crippen molar-refractivity contribution in [3.05, 3.63) is 65.2 Å². The van der Waals surface area contributed by atoms with E-state index in [0.29, 0.717) is 11.3 Å². The van der Waals surface area contributed by atoms with Gasteiger partial charge < -0.3 is 5.11 Å². The Hall–Kier alpha value is -2.83. The number of carboxylic acids is 1. The molecule has 2 rings (SSSR count). The van der Waals surface area contributed by atoms with Crippen LogP contribution < -0.4 is 5.43 Å². The molecular weight excluding hydrogens is 297 g/mol. The van der Waals surface area contributed by atoms with Gasteiger partial charge in [-0.15, -0.1) is 0 Å². The summed E-state index contributed by atoms with van der Waals surface area (Å²) in [6.07, 6.45) is -3.15. The van der Waals surface area contributed by atoms with Crippen molar-refractivity contribution in [2.75, 3.05) is 5.43 Å². The first-order valence-corrected chi connectivity index (χ1v) is 6.16. The number of aromatic carboxylic acids is 1. The fourth-order valence-electron chi connectivity index (χ4n) is 1.66. The van der Waals surface area contributed by atoms with Gasteiger partial charge in [-0.1, -0.05) is 12.1 Å². The SMILES string of the molecule is O=C(O)c1ccc(N/N=C/c2cccc(C(F)(F)F)c2)cc1. The highest BCUT2D eigenvalue weighted by atomic mass is 19.4. The normalized spacial score (nSPS) is 11.6. The molecule has 7 heteroatoms. The van der Waals surface area contributed by atoms with Gasteiger partial charge in [0, 0.05) is 0 Å². The maximum Gasteiger partial charge on any atom is 0.416 e. The number of hydrazone groups is 1. The first kappa shape index (κ1) is 15.6. The van der Waals surface area contributed by atoms with E-state index in [1.165, 1.54) is 42.6 Å². The lowest BCUT2D eigenvalue weighted by Crippen LogP contribution is -2.05. The van der Waals surface area contributed by atoms with Crippen LogP contribution in [-0.2, 0) is 6.18 Å². The third-order valence-corrected chi connectivity index (χ3v) is 2.75. The van der Waals surface area contributed by atoms with Gasteiger partial charge in [-0.05, 0) is 42.0 Å². The van der Waals surface area contributed by atoms with E-state index in [-0.39, 0.29) is 5.56 Å². The molecule has 0 saturated heterocycles. The minimum absolute atomic E-state index is 0.132. The van der Waals surface area contributed by atoms with Crippen LogP contribution >= 0.6 is 0 Å². The topological polar surface area (TPSA) is 61.7 Å². The number of nitrogens with one attached hydrogen (secondary N) is 1. The highest BCUT2D eigenvalue weighted by Crippen LogP contribution is 2.29. The van der Waals surface area contributed by atoms with Crippen LogP contribution in [0.25, 0.3) is 0 Å². The number of halogens is 3. The lowest BCUT2D eigenvalue weighted by atomic mass is 10.1. The first-order valence-electron chi connectivity index (χ1n) is 6.16. The number of anilines is 1. The lowest BCUT2D eigenvalue weighted by Gasteiger charge is -2.06. The summed E-state index contributed by atoms with van der Waals surface area (Å²) in [5.41, 5.74) is 2.81. The second-order valence-electron chi connectivity index (χ2n) is 4.38. The second kappa shape index (κ2) is 6.30. The molecule has 114 valence electrons. The Labute approximate surface area is 123 Å². The summed E-state index contributed by atoms with van der Waals surface area (Å²) in [5.74, 6) is -1.04. The number of carbonyl (C=O) groups is 1. The number of hydrogen-bond donors (Lipinski definition) is 2. The molecule has 0 radical (unpaired) electrons.